The summed E-state index contributed by atoms with van der Waals surface area (Å²) in [4.78, 5) is 41.0. The Bertz CT molecular complexity index is 1000. The average Bonchev–Trinajstić information content (AvgIpc) is 2.66. The quantitative estimate of drug-likeness (QED) is 0.606. The second-order valence-electron chi connectivity index (χ2n) is 6.53. The number of alkyl halides is 3. The van der Waals surface area contributed by atoms with Crippen LogP contribution < -0.4 is 21.9 Å². The van der Waals surface area contributed by atoms with Crippen molar-refractivity contribution in [2.75, 3.05) is 17.2 Å². The van der Waals surface area contributed by atoms with E-state index in [9.17, 15) is 27.6 Å². The molecule has 1 amide bonds. The lowest BCUT2D eigenvalue weighted by atomic mass is 10.1. The smallest absolute Gasteiger partial charge is 0.383 e. The van der Waals surface area contributed by atoms with E-state index in [1.807, 2.05) is 13.8 Å². The molecule has 1 aromatic carbocycles. The van der Waals surface area contributed by atoms with Crippen molar-refractivity contribution in [1.82, 2.24) is 9.55 Å². The highest BCUT2D eigenvalue weighted by molar-refractivity contribution is 8.00. The number of nitrogens with one attached hydrogen (secondary N) is 1. The lowest BCUT2D eigenvalue weighted by molar-refractivity contribution is -0.0328. The van der Waals surface area contributed by atoms with E-state index >= 15 is 0 Å². The summed E-state index contributed by atoms with van der Waals surface area (Å²) in [6.45, 7) is 4.15. The standard InChI is InChI=1S/C19H23F3N4O3S/c1-3-5-11-25(14-15(23)26(10-4-2)18(29)24-16(14)27)17(28)12-6-8-13(9-7-12)30-19(20,21)22/h6-9H,3-5,10-11,23H2,1-2H3,(H,24,27,29). The van der Waals surface area contributed by atoms with Crippen molar-refractivity contribution in [3.05, 3.63) is 50.7 Å². The number of amides is 1. The van der Waals surface area contributed by atoms with Crippen LogP contribution in [-0.2, 0) is 6.54 Å². The number of carbonyl (C=O) groups is 1. The molecule has 0 aliphatic heterocycles. The van der Waals surface area contributed by atoms with Crippen LogP contribution >= 0.6 is 11.8 Å². The monoisotopic (exact) mass is 444 g/mol. The van der Waals surface area contributed by atoms with Crippen molar-refractivity contribution >= 4 is 29.2 Å². The van der Waals surface area contributed by atoms with E-state index in [4.69, 9.17) is 5.73 Å². The fourth-order valence-electron chi connectivity index (χ4n) is 2.87. The molecule has 7 nitrogen and oxygen atoms in total. The summed E-state index contributed by atoms with van der Waals surface area (Å²) >= 11 is -0.284. The van der Waals surface area contributed by atoms with Crippen molar-refractivity contribution in [1.29, 1.82) is 0 Å². The number of nitrogens with zero attached hydrogens (tertiary/aromatic N) is 2. The summed E-state index contributed by atoms with van der Waals surface area (Å²) in [5.74, 6) is -0.717. The first-order valence-corrected chi connectivity index (χ1v) is 10.2. The SMILES string of the molecule is CCCCN(C(=O)c1ccc(SC(F)(F)F)cc1)c1c(N)n(CCC)c(=O)[nH]c1=O. The molecule has 2 rings (SSSR count). The van der Waals surface area contributed by atoms with Crippen LogP contribution in [0.1, 0.15) is 43.5 Å². The number of carbonyl (C=O) groups excluding carboxylic acids is 1. The molecule has 0 atom stereocenters. The molecule has 1 heterocycles. The molecule has 0 aliphatic rings. The topological polar surface area (TPSA) is 101 Å². The fraction of sp³-hybridized carbons (Fsp3) is 0.421. The van der Waals surface area contributed by atoms with Gasteiger partial charge in [-0.3, -0.25) is 19.1 Å². The summed E-state index contributed by atoms with van der Waals surface area (Å²) in [5, 5.41) is 0. The van der Waals surface area contributed by atoms with Gasteiger partial charge in [0.05, 0.1) is 0 Å². The normalized spacial score (nSPS) is 11.5. The van der Waals surface area contributed by atoms with Gasteiger partial charge in [-0.15, -0.1) is 0 Å². The summed E-state index contributed by atoms with van der Waals surface area (Å²) < 4.78 is 38.7. The predicted molar refractivity (Wildman–Crippen MR) is 111 cm³/mol. The van der Waals surface area contributed by atoms with Gasteiger partial charge in [-0.25, -0.2) is 4.79 Å². The number of anilines is 2. The van der Waals surface area contributed by atoms with Crippen molar-refractivity contribution in [2.45, 2.75) is 50.1 Å². The second-order valence-corrected chi connectivity index (χ2v) is 7.67. The minimum atomic E-state index is -4.44. The van der Waals surface area contributed by atoms with E-state index in [1.54, 1.807) is 0 Å². The average molecular weight is 444 g/mol. The van der Waals surface area contributed by atoms with Gasteiger partial charge < -0.3 is 10.6 Å². The number of halogens is 3. The van der Waals surface area contributed by atoms with Crippen LogP contribution in [0.25, 0.3) is 0 Å². The molecule has 11 heteroatoms. The van der Waals surface area contributed by atoms with Crippen LogP contribution in [0.15, 0.2) is 38.8 Å². The molecule has 164 valence electrons. The maximum atomic E-state index is 13.1. The third kappa shape index (κ3) is 5.68. The third-order valence-electron chi connectivity index (χ3n) is 4.25. The van der Waals surface area contributed by atoms with Crippen molar-refractivity contribution in [3.8, 4) is 0 Å². The number of hydrogen-bond acceptors (Lipinski definition) is 5. The van der Waals surface area contributed by atoms with Gasteiger partial charge in [0.1, 0.15) is 5.82 Å². The number of H-pyrrole nitrogens is 1. The number of thioether (sulfide) groups is 1. The van der Waals surface area contributed by atoms with Gasteiger partial charge in [-0.2, -0.15) is 13.2 Å². The van der Waals surface area contributed by atoms with E-state index in [0.717, 1.165) is 6.42 Å². The Balaban J connectivity index is 2.48. The van der Waals surface area contributed by atoms with Gasteiger partial charge >= 0.3 is 11.2 Å². The summed E-state index contributed by atoms with van der Waals surface area (Å²) in [7, 11) is 0. The Labute approximate surface area is 175 Å². The molecule has 0 fully saturated rings. The Hall–Kier alpha value is -2.69. The second kappa shape index (κ2) is 9.88. The number of rotatable bonds is 8. The van der Waals surface area contributed by atoms with E-state index in [1.165, 1.54) is 33.7 Å². The highest BCUT2D eigenvalue weighted by atomic mass is 32.2. The van der Waals surface area contributed by atoms with E-state index in [0.29, 0.717) is 12.8 Å². The number of aromatic amines is 1. The van der Waals surface area contributed by atoms with Crippen molar-refractivity contribution < 1.29 is 18.0 Å². The molecule has 1 aromatic heterocycles. The van der Waals surface area contributed by atoms with Crippen LogP contribution in [-0.4, -0.2) is 27.5 Å². The van der Waals surface area contributed by atoms with Gasteiger partial charge in [0.15, 0.2) is 5.69 Å². The van der Waals surface area contributed by atoms with Gasteiger partial charge in [0, 0.05) is 23.5 Å². The number of hydrogen-bond donors (Lipinski definition) is 2. The van der Waals surface area contributed by atoms with E-state index in [-0.39, 0.29) is 46.8 Å². The zero-order chi connectivity index (χ0) is 22.5. The molecule has 2 aromatic rings. The van der Waals surface area contributed by atoms with Gasteiger partial charge in [0.25, 0.3) is 11.5 Å². The summed E-state index contributed by atoms with van der Waals surface area (Å²) in [6, 6.07) is 4.91. The number of unbranched alkanes of at least 4 members (excludes halogenated alkanes) is 1. The fourth-order valence-corrected chi connectivity index (χ4v) is 3.41. The first kappa shape index (κ1) is 23.6. The molecule has 0 spiro atoms. The Morgan fingerprint density at radius 2 is 1.80 bits per heavy atom. The highest BCUT2D eigenvalue weighted by Crippen LogP contribution is 2.36. The van der Waals surface area contributed by atoms with Crippen LogP contribution in [0.4, 0.5) is 24.7 Å². The zero-order valence-electron chi connectivity index (χ0n) is 16.6. The molecule has 0 saturated carbocycles. The minimum Gasteiger partial charge on any atom is -0.383 e. The van der Waals surface area contributed by atoms with Crippen molar-refractivity contribution in [3.63, 3.8) is 0 Å². The Kier molecular flexibility index (Phi) is 7.77. The summed E-state index contributed by atoms with van der Waals surface area (Å²) in [5.41, 5.74) is 0.135. The van der Waals surface area contributed by atoms with Crippen LogP contribution in [0.3, 0.4) is 0 Å². The number of nitrogens with two attached hydrogens (primary N) is 1. The van der Waals surface area contributed by atoms with Crippen LogP contribution in [0.2, 0.25) is 0 Å². The highest BCUT2D eigenvalue weighted by Gasteiger charge is 2.29. The minimum absolute atomic E-state index is 0.0620. The Morgan fingerprint density at radius 1 is 1.17 bits per heavy atom. The molecule has 0 bridgehead atoms. The van der Waals surface area contributed by atoms with E-state index in [2.05, 4.69) is 4.98 Å². The predicted octanol–water partition coefficient (Wildman–Crippen LogP) is 3.59. The largest absolute Gasteiger partial charge is 0.446 e. The van der Waals surface area contributed by atoms with Gasteiger partial charge in [0.2, 0.25) is 0 Å². The molecular formula is C19H23F3N4O3S. The van der Waals surface area contributed by atoms with Crippen LogP contribution in [0, 0.1) is 0 Å². The molecule has 0 saturated heterocycles. The maximum absolute atomic E-state index is 13.1. The first-order chi connectivity index (χ1) is 14.1. The number of aromatic nitrogens is 2. The zero-order valence-corrected chi connectivity index (χ0v) is 17.4. The molecule has 3 N–H and O–H groups in total. The molecule has 0 unspecified atom stereocenters. The molecule has 0 radical (unpaired) electrons. The molecular weight excluding hydrogens is 421 g/mol. The lowest BCUT2D eigenvalue weighted by Crippen LogP contribution is -2.41. The maximum Gasteiger partial charge on any atom is 0.446 e. The lowest BCUT2D eigenvalue weighted by Gasteiger charge is -2.24. The Morgan fingerprint density at radius 3 is 2.33 bits per heavy atom. The molecule has 0 aliphatic carbocycles. The first-order valence-electron chi connectivity index (χ1n) is 9.39. The van der Waals surface area contributed by atoms with E-state index < -0.39 is 22.7 Å². The number of benzene rings is 1. The summed E-state index contributed by atoms with van der Waals surface area (Å²) in [6.07, 6.45) is 1.85. The third-order valence-corrected chi connectivity index (χ3v) is 4.99. The molecule has 30 heavy (non-hydrogen) atoms. The van der Waals surface area contributed by atoms with Crippen LogP contribution in [0.5, 0.6) is 0 Å². The van der Waals surface area contributed by atoms with Crippen molar-refractivity contribution in [2.24, 2.45) is 0 Å². The van der Waals surface area contributed by atoms with Gasteiger partial charge in [-0.1, -0.05) is 20.3 Å². The van der Waals surface area contributed by atoms with Gasteiger partial charge in [-0.05, 0) is 48.9 Å². The number of nitrogen functional groups attached to an aromatic ring is 1.